The van der Waals surface area contributed by atoms with Crippen LogP contribution in [0.2, 0.25) is 0 Å². The van der Waals surface area contributed by atoms with Crippen molar-refractivity contribution >= 4 is 12.6 Å². The standard InChI is InChI=1S/C12H17BO3/c1-9(2)6-7-16-12-5-4-11(13(14)15)8-10(12)3/h4-5,8,14-15H,1,6-7H2,2-3H3. The topological polar surface area (TPSA) is 49.7 Å². The largest absolute Gasteiger partial charge is 0.493 e. The highest BCUT2D eigenvalue weighted by Crippen LogP contribution is 2.16. The molecular weight excluding hydrogens is 203 g/mol. The van der Waals surface area contributed by atoms with Gasteiger partial charge < -0.3 is 14.8 Å². The van der Waals surface area contributed by atoms with Gasteiger partial charge >= 0.3 is 7.12 Å². The lowest BCUT2D eigenvalue weighted by molar-refractivity contribution is 0.319. The van der Waals surface area contributed by atoms with Crippen molar-refractivity contribution in [3.8, 4) is 5.75 Å². The van der Waals surface area contributed by atoms with Crippen LogP contribution in [0.4, 0.5) is 0 Å². The number of hydrogen-bond acceptors (Lipinski definition) is 3. The average Bonchev–Trinajstić information content (AvgIpc) is 2.19. The highest BCUT2D eigenvalue weighted by atomic mass is 16.5. The van der Waals surface area contributed by atoms with Gasteiger partial charge in [0.2, 0.25) is 0 Å². The Balaban J connectivity index is 2.64. The quantitative estimate of drug-likeness (QED) is 0.575. The molecule has 2 N–H and O–H groups in total. The van der Waals surface area contributed by atoms with Crippen LogP contribution >= 0.6 is 0 Å². The van der Waals surface area contributed by atoms with Crippen LogP contribution in [-0.4, -0.2) is 23.8 Å². The van der Waals surface area contributed by atoms with Crippen LogP contribution in [0.3, 0.4) is 0 Å². The maximum absolute atomic E-state index is 8.99. The zero-order valence-electron chi connectivity index (χ0n) is 9.73. The summed E-state index contributed by atoms with van der Waals surface area (Å²) < 4.78 is 5.56. The summed E-state index contributed by atoms with van der Waals surface area (Å²) >= 11 is 0. The Bertz CT molecular complexity index is 375. The summed E-state index contributed by atoms with van der Waals surface area (Å²) in [5.41, 5.74) is 2.46. The van der Waals surface area contributed by atoms with Gasteiger partial charge in [0.05, 0.1) is 6.61 Å². The zero-order chi connectivity index (χ0) is 12.1. The van der Waals surface area contributed by atoms with Crippen molar-refractivity contribution in [1.82, 2.24) is 0 Å². The molecule has 0 radical (unpaired) electrons. The predicted molar refractivity (Wildman–Crippen MR) is 65.9 cm³/mol. The van der Waals surface area contributed by atoms with Gasteiger partial charge in [-0.25, -0.2) is 0 Å². The smallest absolute Gasteiger partial charge is 0.488 e. The average molecular weight is 220 g/mol. The van der Waals surface area contributed by atoms with E-state index in [0.29, 0.717) is 12.1 Å². The number of rotatable bonds is 5. The second-order valence-corrected chi connectivity index (χ2v) is 3.95. The van der Waals surface area contributed by atoms with Crippen molar-refractivity contribution in [3.05, 3.63) is 35.9 Å². The highest BCUT2D eigenvalue weighted by Gasteiger charge is 2.12. The van der Waals surface area contributed by atoms with Crippen LogP contribution < -0.4 is 10.2 Å². The normalized spacial score (nSPS) is 10.0. The molecule has 0 amide bonds. The van der Waals surface area contributed by atoms with Crippen LogP contribution in [0.1, 0.15) is 18.9 Å². The molecule has 1 aromatic carbocycles. The van der Waals surface area contributed by atoms with E-state index in [9.17, 15) is 0 Å². The van der Waals surface area contributed by atoms with Crippen LogP contribution in [0.25, 0.3) is 0 Å². The maximum atomic E-state index is 8.99. The van der Waals surface area contributed by atoms with Crippen molar-refractivity contribution in [3.63, 3.8) is 0 Å². The number of ether oxygens (including phenoxy) is 1. The third kappa shape index (κ3) is 3.72. The third-order valence-electron chi connectivity index (χ3n) is 2.28. The van der Waals surface area contributed by atoms with E-state index in [-0.39, 0.29) is 0 Å². The molecule has 0 aromatic heterocycles. The van der Waals surface area contributed by atoms with E-state index in [2.05, 4.69) is 6.58 Å². The Morgan fingerprint density at radius 1 is 1.44 bits per heavy atom. The number of benzene rings is 1. The third-order valence-corrected chi connectivity index (χ3v) is 2.28. The van der Waals surface area contributed by atoms with Gasteiger partial charge in [0, 0.05) is 6.42 Å². The molecule has 0 spiro atoms. The predicted octanol–water partition coefficient (Wildman–Crippen LogP) is 1.02. The summed E-state index contributed by atoms with van der Waals surface area (Å²) in [5.74, 6) is 0.769. The van der Waals surface area contributed by atoms with Gasteiger partial charge in [0.25, 0.3) is 0 Å². The summed E-state index contributed by atoms with van der Waals surface area (Å²) in [6.07, 6.45) is 0.823. The van der Waals surface area contributed by atoms with Gasteiger partial charge in [-0.15, -0.1) is 6.58 Å². The van der Waals surface area contributed by atoms with E-state index in [1.54, 1.807) is 18.2 Å². The maximum Gasteiger partial charge on any atom is 0.488 e. The van der Waals surface area contributed by atoms with Gasteiger partial charge in [0.15, 0.2) is 0 Å². The first kappa shape index (κ1) is 12.8. The van der Waals surface area contributed by atoms with Crippen LogP contribution in [0.5, 0.6) is 5.75 Å². The number of aryl methyl sites for hydroxylation is 1. The van der Waals surface area contributed by atoms with Crippen LogP contribution in [0.15, 0.2) is 30.4 Å². The number of hydrogen-bond donors (Lipinski definition) is 2. The van der Waals surface area contributed by atoms with Crippen LogP contribution in [0, 0.1) is 6.92 Å². The molecule has 3 nitrogen and oxygen atoms in total. The van der Waals surface area contributed by atoms with Gasteiger partial charge in [-0.05, 0) is 30.9 Å². The first-order chi connectivity index (χ1) is 7.50. The van der Waals surface area contributed by atoms with Gasteiger partial charge in [-0.3, -0.25) is 0 Å². The fourth-order valence-corrected chi connectivity index (χ4v) is 1.33. The lowest BCUT2D eigenvalue weighted by atomic mass is 9.79. The minimum atomic E-state index is -1.43. The first-order valence-electron chi connectivity index (χ1n) is 5.24. The SMILES string of the molecule is C=C(C)CCOc1ccc(B(O)O)cc1C. The summed E-state index contributed by atoms with van der Waals surface area (Å²) in [6.45, 7) is 8.23. The van der Waals surface area contributed by atoms with Crippen molar-refractivity contribution in [1.29, 1.82) is 0 Å². The highest BCUT2D eigenvalue weighted by molar-refractivity contribution is 6.58. The van der Waals surface area contributed by atoms with Gasteiger partial charge in [0.1, 0.15) is 5.75 Å². The Kier molecular flexibility index (Phi) is 4.59. The summed E-state index contributed by atoms with van der Waals surface area (Å²) in [4.78, 5) is 0. The summed E-state index contributed by atoms with van der Waals surface area (Å²) in [6, 6.07) is 5.11. The Labute approximate surface area is 96.5 Å². The molecule has 0 saturated carbocycles. The Morgan fingerprint density at radius 2 is 2.12 bits per heavy atom. The summed E-state index contributed by atoms with van der Waals surface area (Å²) in [7, 11) is -1.43. The first-order valence-corrected chi connectivity index (χ1v) is 5.24. The minimum Gasteiger partial charge on any atom is -0.493 e. The molecule has 0 heterocycles. The monoisotopic (exact) mass is 220 g/mol. The van der Waals surface area contributed by atoms with E-state index in [0.717, 1.165) is 23.3 Å². The van der Waals surface area contributed by atoms with Crippen LogP contribution in [-0.2, 0) is 0 Å². The molecule has 0 aliphatic heterocycles. The van der Waals surface area contributed by atoms with E-state index < -0.39 is 7.12 Å². The molecule has 4 heteroatoms. The molecular formula is C12H17BO3. The second-order valence-electron chi connectivity index (χ2n) is 3.95. The van der Waals surface area contributed by atoms with E-state index >= 15 is 0 Å². The Hall–Kier alpha value is -1.26. The molecule has 0 unspecified atom stereocenters. The second kappa shape index (κ2) is 5.73. The molecule has 1 rings (SSSR count). The van der Waals surface area contributed by atoms with Gasteiger partial charge in [-0.1, -0.05) is 17.7 Å². The molecule has 0 atom stereocenters. The zero-order valence-corrected chi connectivity index (χ0v) is 9.73. The molecule has 16 heavy (non-hydrogen) atoms. The minimum absolute atomic E-state index is 0.477. The molecule has 0 aliphatic carbocycles. The molecule has 0 fully saturated rings. The molecule has 1 aromatic rings. The van der Waals surface area contributed by atoms with Crippen molar-refractivity contribution < 1.29 is 14.8 Å². The van der Waals surface area contributed by atoms with E-state index in [1.165, 1.54) is 0 Å². The molecule has 0 saturated heterocycles. The van der Waals surface area contributed by atoms with Crippen molar-refractivity contribution in [2.75, 3.05) is 6.61 Å². The van der Waals surface area contributed by atoms with Gasteiger partial charge in [-0.2, -0.15) is 0 Å². The molecule has 86 valence electrons. The fraction of sp³-hybridized carbons (Fsp3) is 0.333. The van der Waals surface area contributed by atoms with E-state index in [4.69, 9.17) is 14.8 Å². The summed E-state index contributed by atoms with van der Waals surface area (Å²) in [5, 5.41) is 18.0. The lowest BCUT2D eigenvalue weighted by Crippen LogP contribution is -2.29. The molecule has 0 aliphatic rings. The van der Waals surface area contributed by atoms with Crippen molar-refractivity contribution in [2.24, 2.45) is 0 Å². The molecule has 0 bridgehead atoms. The fourth-order valence-electron chi connectivity index (χ4n) is 1.33. The van der Waals surface area contributed by atoms with Crippen molar-refractivity contribution in [2.45, 2.75) is 20.3 Å². The lowest BCUT2D eigenvalue weighted by Gasteiger charge is -2.10. The Morgan fingerprint density at radius 3 is 2.62 bits per heavy atom. The van der Waals surface area contributed by atoms with E-state index in [1.807, 2.05) is 13.8 Å².